The van der Waals surface area contributed by atoms with Gasteiger partial charge in [0.2, 0.25) is 10.0 Å². The van der Waals surface area contributed by atoms with E-state index < -0.39 is 15.8 Å². The Balaban J connectivity index is 1.71. The molecule has 5 nitrogen and oxygen atoms in total. The second-order valence-electron chi connectivity index (χ2n) is 6.18. The highest BCUT2D eigenvalue weighted by Gasteiger charge is 2.20. The van der Waals surface area contributed by atoms with Crippen molar-refractivity contribution >= 4 is 21.6 Å². The zero-order valence-corrected chi connectivity index (χ0v) is 15.6. The van der Waals surface area contributed by atoms with E-state index in [4.69, 9.17) is 11.6 Å². The van der Waals surface area contributed by atoms with E-state index in [1.54, 1.807) is 0 Å². The molecule has 1 aliphatic rings. The summed E-state index contributed by atoms with van der Waals surface area (Å²) in [5.74, 6) is 0.0909. The van der Waals surface area contributed by atoms with Gasteiger partial charge in [-0.05, 0) is 56.4 Å². The summed E-state index contributed by atoms with van der Waals surface area (Å²) < 4.78 is 40.7. The minimum absolute atomic E-state index is 0.126. The Labute approximate surface area is 151 Å². The number of benzene rings is 1. The third kappa shape index (κ3) is 3.83. The molecular formula is C17H19ClFN3O2S. The number of nitrogens with one attached hydrogen (secondary N) is 1. The largest absolute Gasteiger partial charge is 0.242 e. The lowest BCUT2D eigenvalue weighted by atomic mass is 10.2. The second kappa shape index (κ2) is 6.97. The zero-order valence-electron chi connectivity index (χ0n) is 14.1. The first kappa shape index (κ1) is 18.2. The standard InChI is InChI=1S/C17H19ClFN3O2S/c1-10-8-16(13(18)9-14(10)19)25(23,24)20-7-6-17-21-11(2)12-4-3-5-15(12)22-17/h8-9,20H,3-7H2,1-2H3. The molecule has 0 saturated heterocycles. The minimum Gasteiger partial charge on any atom is -0.238 e. The van der Waals surface area contributed by atoms with E-state index in [9.17, 15) is 12.8 Å². The van der Waals surface area contributed by atoms with Gasteiger partial charge in [0, 0.05) is 24.4 Å². The molecule has 8 heteroatoms. The number of nitrogens with zero attached hydrogens (tertiary/aromatic N) is 2. The van der Waals surface area contributed by atoms with E-state index in [0.717, 1.165) is 36.7 Å². The summed E-state index contributed by atoms with van der Waals surface area (Å²) in [6.45, 7) is 3.60. The predicted molar refractivity (Wildman–Crippen MR) is 93.8 cm³/mol. The van der Waals surface area contributed by atoms with Gasteiger partial charge < -0.3 is 0 Å². The second-order valence-corrected chi connectivity index (χ2v) is 8.33. The lowest BCUT2D eigenvalue weighted by molar-refractivity contribution is 0.579. The fourth-order valence-corrected chi connectivity index (χ4v) is 4.64. The lowest BCUT2D eigenvalue weighted by Crippen LogP contribution is -2.27. The number of fused-ring (bicyclic) bond motifs is 1. The van der Waals surface area contributed by atoms with Crippen molar-refractivity contribution in [2.24, 2.45) is 0 Å². The first-order valence-electron chi connectivity index (χ1n) is 8.08. The third-order valence-corrected chi connectivity index (χ3v) is 6.26. The van der Waals surface area contributed by atoms with Crippen LogP contribution in [-0.2, 0) is 29.3 Å². The van der Waals surface area contributed by atoms with Gasteiger partial charge in [0.05, 0.1) is 5.02 Å². The number of hydrogen-bond acceptors (Lipinski definition) is 4. The van der Waals surface area contributed by atoms with Crippen LogP contribution in [-0.4, -0.2) is 24.9 Å². The quantitative estimate of drug-likeness (QED) is 0.861. The lowest BCUT2D eigenvalue weighted by Gasteiger charge is -2.10. The molecular weight excluding hydrogens is 365 g/mol. The van der Waals surface area contributed by atoms with Crippen LogP contribution in [0.25, 0.3) is 0 Å². The van der Waals surface area contributed by atoms with Crippen molar-refractivity contribution in [3.05, 3.63) is 51.3 Å². The van der Waals surface area contributed by atoms with Gasteiger partial charge in [-0.25, -0.2) is 27.5 Å². The Bertz CT molecular complexity index is 932. The molecule has 0 aliphatic heterocycles. The van der Waals surface area contributed by atoms with Crippen molar-refractivity contribution < 1.29 is 12.8 Å². The molecule has 1 aromatic heterocycles. The number of hydrogen-bond donors (Lipinski definition) is 1. The maximum Gasteiger partial charge on any atom is 0.242 e. The molecule has 0 unspecified atom stereocenters. The van der Waals surface area contributed by atoms with E-state index in [1.807, 2.05) is 6.92 Å². The molecule has 1 N–H and O–H groups in total. The Kier molecular flexibility index (Phi) is 5.09. The molecule has 0 bridgehead atoms. The fraction of sp³-hybridized carbons (Fsp3) is 0.412. The van der Waals surface area contributed by atoms with Crippen LogP contribution in [0.3, 0.4) is 0 Å². The molecule has 0 fully saturated rings. The van der Waals surface area contributed by atoms with Crippen LogP contribution in [0.1, 0.15) is 34.8 Å². The van der Waals surface area contributed by atoms with Crippen LogP contribution >= 0.6 is 11.6 Å². The highest BCUT2D eigenvalue weighted by Crippen LogP contribution is 2.25. The summed E-state index contributed by atoms with van der Waals surface area (Å²) >= 11 is 5.88. The molecule has 0 amide bonds. The predicted octanol–water partition coefficient (Wildman–Crippen LogP) is 2.90. The number of aryl methyl sites for hydroxylation is 3. The number of aromatic nitrogens is 2. The van der Waals surface area contributed by atoms with Crippen LogP contribution in [0.15, 0.2) is 17.0 Å². The molecule has 0 saturated carbocycles. The first-order valence-corrected chi connectivity index (χ1v) is 9.94. The van der Waals surface area contributed by atoms with Gasteiger partial charge in [0.1, 0.15) is 16.5 Å². The highest BCUT2D eigenvalue weighted by atomic mass is 35.5. The Morgan fingerprint density at radius 3 is 2.76 bits per heavy atom. The topological polar surface area (TPSA) is 72.0 Å². The monoisotopic (exact) mass is 383 g/mol. The van der Waals surface area contributed by atoms with Crippen molar-refractivity contribution in [3.63, 3.8) is 0 Å². The summed E-state index contributed by atoms with van der Waals surface area (Å²) in [6.07, 6.45) is 3.42. The number of sulfonamides is 1. The van der Waals surface area contributed by atoms with E-state index >= 15 is 0 Å². The van der Waals surface area contributed by atoms with Crippen molar-refractivity contribution in [1.29, 1.82) is 0 Å². The van der Waals surface area contributed by atoms with Gasteiger partial charge in [-0.1, -0.05) is 11.6 Å². The zero-order chi connectivity index (χ0) is 18.2. The SMILES string of the molecule is Cc1cc(S(=O)(=O)NCCc2nc(C)c3c(n2)CCC3)c(Cl)cc1F. The summed E-state index contributed by atoms with van der Waals surface area (Å²) in [5.41, 5.74) is 3.49. The molecule has 134 valence electrons. The van der Waals surface area contributed by atoms with Crippen molar-refractivity contribution in [1.82, 2.24) is 14.7 Å². The number of rotatable bonds is 5. The van der Waals surface area contributed by atoms with E-state index in [1.165, 1.54) is 18.6 Å². The molecule has 3 rings (SSSR count). The molecule has 0 atom stereocenters. The summed E-state index contributed by atoms with van der Waals surface area (Å²) in [5, 5.41) is -0.139. The van der Waals surface area contributed by atoms with Crippen LogP contribution < -0.4 is 4.72 Å². The molecule has 1 aliphatic carbocycles. The third-order valence-electron chi connectivity index (χ3n) is 4.33. The van der Waals surface area contributed by atoms with Gasteiger partial charge in [0.15, 0.2) is 0 Å². The van der Waals surface area contributed by atoms with Gasteiger partial charge in [-0.15, -0.1) is 0 Å². The molecule has 2 aromatic rings. The maximum atomic E-state index is 13.5. The van der Waals surface area contributed by atoms with Crippen LogP contribution in [0.5, 0.6) is 0 Å². The van der Waals surface area contributed by atoms with Gasteiger partial charge in [0.25, 0.3) is 0 Å². The van der Waals surface area contributed by atoms with Crippen LogP contribution in [0.2, 0.25) is 5.02 Å². The van der Waals surface area contributed by atoms with Gasteiger partial charge in [-0.2, -0.15) is 0 Å². The maximum absolute atomic E-state index is 13.5. The Morgan fingerprint density at radius 1 is 1.24 bits per heavy atom. The molecule has 0 radical (unpaired) electrons. The summed E-state index contributed by atoms with van der Waals surface area (Å²) in [6, 6.07) is 2.24. The first-order chi connectivity index (χ1) is 11.8. The summed E-state index contributed by atoms with van der Waals surface area (Å²) in [7, 11) is -3.83. The normalized spacial score (nSPS) is 13.9. The molecule has 0 spiro atoms. The Hall–Kier alpha value is -1.57. The van der Waals surface area contributed by atoms with Crippen LogP contribution in [0.4, 0.5) is 4.39 Å². The average Bonchev–Trinajstić information content (AvgIpc) is 2.99. The van der Waals surface area contributed by atoms with Crippen molar-refractivity contribution in [3.8, 4) is 0 Å². The Morgan fingerprint density at radius 2 is 2.00 bits per heavy atom. The van der Waals surface area contributed by atoms with Gasteiger partial charge in [-0.3, -0.25) is 0 Å². The van der Waals surface area contributed by atoms with E-state index in [0.29, 0.717) is 12.2 Å². The average molecular weight is 384 g/mol. The van der Waals surface area contributed by atoms with E-state index in [2.05, 4.69) is 14.7 Å². The summed E-state index contributed by atoms with van der Waals surface area (Å²) in [4.78, 5) is 8.86. The minimum atomic E-state index is -3.83. The molecule has 1 aromatic carbocycles. The fourth-order valence-electron chi connectivity index (χ4n) is 3.01. The van der Waals surface area contributed by atoms with E-state index in [-0.39, 0.29) is 22.0 Å². The molecule has 1 heterocycles. The van der Waals surface area contributed by atoms with Gasteiger partial charge >= 0.3 is 0 Å². The van der Waals surface area contributed by atoms with Crippen molar-refractivity contribution in [2.45, 2.75) is 44.4 Å². The highest BCUT2D eigenvalue weighted by molar-refractivity contribution is 7.89. The number of halogens is 2. The van der Waals surface area contributed by atoms with Crippen molar-refractivity contribution in [2.75, 3.05) is 6.54 Å². The molecule has 25 heavy (non-hydrogen) atoms. The van der Waals surface area contributed by atoms with Crippen LogP contribution in [0, 0.1) is 19.7 Å². The smallest absolute Gasteiger partial charge is 0.238 e.